The lowest BCUT2D eigenvalue weighted by Gasteiger charge is -2.04. The SMILES string of the molecule is Cc1nnc2c(NCc3ccoc3)nccn12. The number of furan rings is 1. The van der Waals surface area contributed by atoms with Gasteiger partial charge in [0.05, 0.1) is 12.5 Å². The minimum atomic E-state index is 0.648. The van der Waals surface area contributed by atoms with Gasteiger partial charge in [-0.05, 0) is 13.0 Å². The summed E-state index contributed by atoms with van der Waals surface area (Å²) in [7, 11) is 0. The second-order valence-electron chi connectivity index (χ2n) is 3.70. The smallest absolute Gasteiger partial charge is 0.203 e. The zero-order valence-electron chi connectivity index (χ0n) is 9.29. The molecule has 3 rings (SSSR count). The summed E-state index contributed by atoms with van der Waals surface area (Å²) in [5.41, 5.74) is 1.79. The van der Waals surface area contributed by atoms with Crippen molar-refractivity contribution >= 4 is 11.5 Å². The average Bonchev–Trinajstić information content (AvgIpc) is 2.97. The first-order valence-electron chi connectivity index (χ1n) is 5.26. The highest BCUT2D eigenvalue weighted by Crippen LogP contribution is 2.13. The molecule has 0 aliphatic rings. The molecule has 17 heavy (non-hydrogen) atoms. The van der Waals surface area contributed by atoms with E-state index in [-0.39, 0.29) is 0 Å². The lowest BCUT2D eigenvalue weighted by Crippen LogP contribution is -2.03. The Morgan fingerprint density at radius 1 is 1.41 bits per heavy atom. The molecule has 3 heterocycles. The maximum Gasteiger partial charge on any atom is 0.203 e. The molecule has 0 amide bonds. The molecule has 0 radical (unpaired) electrons. The number of aryl methyl sites for hydroxylation is 1. The van der Waals surface area contributed by atoms with Gasteiger partial charge in [0.1, 0.15) is 5.82 Å². The molecule has 0 spiro atoms. The van der Waals surface area contributed by atoms with Crippen molar-refractivity contribution in [3.05, 3.63) is 42.4 Å². The molecule has 0 fully saturated rings. The summed E-state index contributed by atoms with van der Waals surface area (Å²) in [4.78, 5) is 4.25. The molecule has 0 aromatic carbocycles. The molecule has 0 saturated carbocycles. The van der Waals surface area contributed by atoms with Crippen molar-refractivity contribution in [3.8, 4) is 0 Å². The molecule has 0 saturated heterocycles. The normalized spacial score (nSPS) is 10.9. The first-order valence-corrected chi connectivity index (χ1v) is 5.26. The Balaban J connectivity index is 1.90. The number of hydrogen-bond acceptors (Lipinski definition) is 5. The topological polar surface area (TPSA) is 68.2 Å². The number of nitrogens with one attached hydrogen (secondary N) is 1. The van der Waals surface area contributed by atoms with E-state index in [1.165, 1.54) is 0 Å². The highest BCUT2D eigenvalue weighted by atomic mass is 16.3. The first-order chi connectivity index (χ1) is 8.34. The van der Waals surface area contributed by atoms with Crippen LogP contribution in [0.5, 0.6) is 0 Å². The van der Waals surface area contributed by atoms with Gasteiger partial charge in [-0.3, -0.25) is 4.40 Å². The summed E-state index contributed by atoms with van der Waals surface area (Å²) >= 11 is 0. The molecular weight excluding hydrogens is 218 g/mol. The summed E-state index contributed by atoms with van der Waals surface area (Å²) < 4.78 is 6.89. The molecule has 0 atom stereocenters. The quantitative estimate of drug-likeness (QED) is 0.739. The van der Waals surface area contributed by atoms with Gasteiger partial charge in [0.25, 0.3) is 0 Å². The second-order valence-corrected chi connectivity index (χ2v) is 3.70. The fraction of sp³-hybridized carbons (Fsp3) is 0.182. The van der Waals surface area contributed by atoms with Crippen molar-refractivity contribution in [1.82, 2.24) is 19.6 Å². The van der Waals surface area contributed by atoms with Crippen molar-refractivity contribution in [2.75, 3.05) is 5.32 Å². The summed E-state index contributed by atoms with van der Waals surface area (Å²) in [5.74, 6) is 1.56. The third-order valence-electron chi connectivity index (χ3n) is 2.54. The lowest BCUT2D eigenvalue weighted by atomic mass is 10.3. The molecule has 3 aromatic heterocycles. The van der Waals surface area contributed by atoms with E-state index in [0.29, 0.717) is 12.4 Å². The average molecular weight is 229 g/mol. The predicted octanol–water partition coefficient (Wildman–Crippen LogP) is 1.64. The summed E-state index contributed by atoms with van der Waals surface area (Å²) in [5, 5.41) is 11.3. The zero-order valence-corrected chi connectivity index (χ0v) is 9.29. The van der Waals surface area contributed by atoms with Gasteiger partial charge in [0.2, 0.25) is 5.65 Å². The van der Waals surface area contributed by atoms with Crippen molar-refractivity contribution in [1.29, 1.82) is 0 Å². The number of aromatic nitrogens is 4. The highest BCUT2D eigenvalue weighted by molar-refractivity contribution is 5.61. The predicted molar refractivity (Wildman–Crippen MR) is 61.6 cm³/mol. The minimum absolute atomic E-state index is 0.648. The van der Waals surface area contributed by atoms with Crippen LogP contribution in [0.25, 0.3) is 5.65 Å². The number of nitrogens with zero attached hydrogens (tertiary/aromatic N) is 4. The fourth-order valence-electron chi connectivity index (χ4n) is 1.65. The van der Waals surface area contributed by atoms with Crippen molar-refractivity contribution in [2.45, 2.75) is 13.5 Å². The fourth-order valence-corrected chi connectivity index (χ4v) is 1.65. The lowest BCUT2D eigenvalue weighted by molar-refractivity contribution is 0.564. The van der Waals surface area contributed by atoms with Crippen LogP contribution in [-0.4, -0.2) is 19.6 Å². The van der Waals surface area contributed by atoms with Gasteiger partial charge in [-0.2, -0.15) is 0 Å². The van der Waals surface area contributed by atoms with E-state index in [9.17, 15) is 0 Å². The van der Waals surface area contributed by atoms with E-state index < -0.39 is 0 Å². The van der Waals surface area contributed by atoms with Crippen LogP contribution in [0.2, 0.25) is 0 Å². The molecule has 3 aromatic rings. The maximum atomic E-state index is 5.00. The Bertz CT molecular complexity index is 628. The Labute approximate surface area is 97.3 Å². The first kappa shape index (κ1) is 9.83. The molecule has 6 nitrogen and oxygen atoms in total. The van der Waals surface area contributed by atoms with Gasteiger partial charge in [-0.1, -0.05) is 0 Å². The van der Waals surface area contributed by atoms with Crippen LogP contribution in [0, 0.1) is 6.92 Å². The van der Waals surface area contributed by atoms with Crippen LogP contribution in [0.15, 0.2) is 35.4 Å². The Hall–Kier alpha value is -2.37. The van der Waals surface area contributed by atoms with Gasteiger partial charge in [0, 0.05) is 24.5 Å². The van der Waals surface area contributed by atoms with E-state index in [1.807, 2.05) is 23.6 Å². The number of fused-ring (bicyclic) bond motifs is 1. The highest BCUT2D eigenvalue weighted by Gasteiger charge is 2.07. The molecule has 0 aliphatic carbocycles. The van der Waals surface area contributed by atoms with E-state index in [4.69, 9.17) is 4.42 Å². The van der Waals surface area contributed by atoms with Crippen LogP contribution in [-0.2, 0) is 6.54 Å². The van der Waals surface area contributed by atoms with Crippen LogP contribution in [0.4, 0.5) is 5.82 Å². The molecular formula is C11H11N5O. The third-order valence-corrected chi connectivity index (χ3v) is 2.54. The second kappa shape index (κ2) is 3.89. The van der Waals surface area contributed by atoms with Crippen molar-refractivity contribution < 1.29 is 4.42 Å². The maximum absolute atomic E-state index is 5.00. The standard InChI is InChI=1S/C11H11N5O/c1-8-14-15-11-10(12-3-4-16(8)11)13-6-9-2-5-17-7-9/h2-5,7H,6H2,1H3,(H,12,13). The molecule has 6 heteroatoms. The summed E-state index contributed by atoms with van der Waals surface area (Å²) in [6.07, 6.45) is 6.91. The van der Waals surface area contributed by atoms with Gasteiger partial charge in [-0.25, -0.2) is 4.98 Å². The van der Waals surface area contributed by atoms with Crippen LogP contribution in [0.1, 0.15) is 11.4 Å². The van der Waals surface area contributed by atoms with Crippen molar-refractivity contribution in [3.63, 3.8) is 0 Å². The van der Waals surface area contributed by atoms with Crippen molar-refractivity contribution in [2.24, 2.45) is 0 Å². The molecule has 0 aliphatic heterocycles. The Morgan fingerprint density at radius 3 is 3.18 bits per heavy atom. The Morgan fingerprint density at radius 2 is 2.35 bits per heavy atom. The van der Waals surface area contributed by atoms with Gasteiger partial charge >= 0.3 is 0 Å². The van der Waals surface area contributed by atoms with E-state index in [0.717, 1.165) is 17.0 Å². The van der Waals surface area contributed by atoms with Gasteiger partial charge in [-0.15, -0.1) is 10.2 Å². The molecule has 0 unspecified atom stereocenters. The van der Waals surface area contributed by atoms with E-state index in [2.05, 4.69) is 20.5 Å². The number of anilines is 1. The minimum Gasteiger partial charge on any atom is -0.472 e. The van der Waals surface area contributed by atoms with Gasteiger partial charge in [0.15, 0.2) is 5.82 Å². The van der Waals surface area contributed by atoms with E-state index in [1.54, 1.807) is 18.7 Å². The van der Waals surface area contributed by atoms with E-state index >= 15 is 0 Å². The molecule has 86 valence electrons. The third kappa shape index (κ3) is 1.73. The number of hydrogen-bond donors (Lipinski definition) is 1. The van der Waals surface area contributed by atoms with Crippen LogP contribution < -0.4 is 5.32 Å². The Kier molecular flexibility index (Phi) is 2.25. The molecule has 0 bridgehead atoms. The zero-order chi connectivity index (χ0) is 11.7. The summed E-state index contributed by atoms with van der Waals surface area (Å²) in [6.45, 7) is 2.55. The molecule has 1 N–H and O–H groups in total. The van der Waals surface area contributed by atoms with Gasteiger partial charge < -0.3 is 9.73 Å². The monoisotopic (exact) mass is 229 g/mol. The van der Waals surface area contributed by atoms with Crippen LogP contribution in [0.3, 0.4) is 0 Å². The number of rotatable bonds is 3. The summed E-state index contributed by atoms with van der Waals surface area (Å²) in [6, 6.07) is 1.90. The largest absolute Gasteiger partial charge is 0.472 e. The van der Waals surface area contributed by atoms with Crippen LogP contribution >= 0.6 is 0 Å².